The van der Waals surface area contributed by atoms with Crippen molar-refractivity contribution in [2.24, 2.45) is 5.41 Å². The van der Waals surface area contributed by atoms with Crippen molar-refractivity contribution < 1.29 is 0 Å². The number of hydrogen-bond donors (Lipinski definition) is 0. The normalized spacial score (nSPS) is 11.7. The monoisotopic (exact) mass is 167 g/mol. The molecule has 0 fully saturated rings. The Labute approximate surface area is 79.4 Å². The van der Waals surface area contributed by atoms with Crippen LogP contribution in [0.15, 0.2) is 0 Å². The molecule has 1 heteroatoms. The molecule has 0 aliphatic carbocycles. The van der Waals surface area contributed by atoms with E-state index in [2.05, 4.69) is 34.9 Å². The molecule has 0 aromatic rings. The van der Waals surface area contributed by atoms with Crippen LogP contribution in [-0.4, -0.2) is 7.28 Å². The van der Waals surface area contributed by atoms with Gasteiger partial charge in [-0.25, -0.2) is 0 Å². The number of unbranched alkanes of at least 4 members (excludes halogenated alkanes) is 3. The Kier molecular flexibility index (Phi) is 6.60. The maximum Gasteiger partial charge on any atom is 0.105 e. The largest absolute Gasteiger partial charge is 0.105 e. The maximum absolute atomic E-state index is 2.33. The second kappa shape index (κ2) is 6.57. The lowest BCUT2D eigenvalue weighted by Gasteiger charge is -2.17. The molecule has 0 saturated carbocycles. The van der Waals surface area contributed by atoms with Gasteiger partial charge in [-0.15, -0.1) is 0 Å². The quantitative estimate of drug-likeness (QED) is 0.411. The molecule has 0 aliphatic rings. The fourth-order valence-corrected chi connectivity index (χ4v) is 1.36. The van der Waals surface area contributed by atoms with E-state index in [0.29, 0.717) is 5.41 Å². The predicted octanol–water partition coefficient (Wildman–Crippen LogP) is 4.15. The Morgan fingerprint density at radius 1 is 0.917 bits per heavy atom. The first kappa shape index (κ1) is 12.1. The summed E-state index contributed by atoms with van der Waals surface area (Å²) >= 11 is 0. The summed E-state index contributed by atoms with van der Waals surface area (Å²) in [5.41, 5.74) is 0.539. The average Bonchev–Trinajstić information content (AvgIpc) is 1.94. The van der Waals surface area contributed by atoms with Gasteiger partial charge in [0.1, 0.15) is 7.28 Å². The van der Waals surface area contributed by atoms with Crippen molar-refractivity contribution in [3.63, 3.8) is 0 Å². The standard InChI is InChI=1S/C11H24B/c1-11(2,3)9-7-5-6-8-10-12-4/h5-10H2,1-4H3. The van der Waals surface area contributed by atoms with Crippen LogP contribution in [0.2, 0.25) is 13.1 Å². The van der Waals surface area contributed by atoms with Gasteiger partial charge in [-0.3, -0.25) is 0 Å². The van der Waals surface area contributed by atoms with Gasteiger partial charge in [-0.1, -0.05) is 59.6 Å². The smallest absolute Gasteiger partial charge is 0.0920 e. The Morgan fingerprint density at radius 2 is 1.50 bits per heavy atom. The van der Waals surface area contributed by atoms with Crippen LogP contribution in [0.25, 0.3) is 0 Å². The highest BCUT2D eigenvalue weighted by Crippen LogP contribution is 2.22. The van der Waals surface area contributed by atoms with Crippen molar-refractivity contribution in [2.75, 3.05) is 0 Å². The van der Waals surface area contributed by atoms with Crippen LogP contribution in [0.5, 0.6) is 0 Å². The first-order chi connectivity index (χ1) is 5.56. The Morgan fingerprint density at radius 3 is 2.00 bits per heavy atom. The molecular formula is C11H24B. The second-order valence-electron chi connectivity index (χ2n) is 4.92. The lowest BCUT2D eigenvalue weighted by molar-refractivity contribution is 0.358. The zero-order valence-electron chi connectivity index (χ0n) is 9.32. The highest BCUT2D eigenvalue weighted by atomic mass is 14.1. The SMILES string of the molecule is C[B]CCCCCCC(C)(C)C. The topological polar surface area (TPSA) is 0 Å². The molecule has 0 nitrogen and oxygen atoms in total. The van der Waals surface area contributed by atoms with Gasteiger partial charge in [0.2, 0.25) is 0 Å². The molecule has 0 aromatic carbocycles. The zero-order valence-corrected chi connectivity index (χ0v) is 9.32. The van der Waals surface area contributed by atoms with Gasteiger partial charge in [-0.2, -0.15) is 0 Å². The Balaban J connectivity index is 3.01. The van der Waals surface area contributed by atoms with E-state index in [9.17, 15) is 0 Å². The summed E-state index contributed by atoms with van der Waals surface area (Å²) in [5.74, 6) is 0. The Bertz CT molecular complexity index is 91.7. The van der Waals surface area contributed by atoms with E-state index >= 15 is 0 Å². The molecule has 0 atom stereocenters. The first-order valence-electron chi connectivity index (χ1n) is 5.34. The van der Waals surface area contributed by atoms with E-state index in [4.69, 9.17) is 0 Å². The van der Waals surface area contributed by atoms with Crippen LogP contribution in [0, 0.1) is 5.41 Å². The summed E-state index contributed by atoms with van der Waals surface area (Å²) < 4.78 is 0. The van der Waals surface area contributed by atoms with E-state index in [0.717, 1.165) is 0 Å². The zero-order chi connectivity index (χ0) is 9.45. The Hall–Kier alpha value is 0.0649. The summed E-state index contributed by atoms with van der Waals surface area (Å²) in [6, 6.07) is 0. The van der Waals surface area contributed by atoms with Crippen LogP contribution in [-0.2, 0) is 0 Å². The van der Waals surface area contributed by atoms with E-state index in [1.807, 2.05) is 0 Å². The predicted molar refractivity (Wildman–Crippen MR) is 59.0 cm³/mol. The molecule has 12 heavy (non-hydrogen) atoms. The molecule has 71 valence electrons. The molecule has 0 bridgehead atoms. The third kappa shape index (κ3) is 10.1. The molecule has 0 amide bonds. The molecule has 0 aromatic heterocycles. The molecule has 0 spiro atoms. The molecule has 0 N–H and O–H groups in total. The number of hydrogen-bond acceptors (Lipinski definition) is 0. The van der Waals surface area contributed by atoms with Gasteiger partial charge in [0, 0.05) is 0 Å². The summed E-state index contributed by atoms with van der Waals surface area (Å²) in [7, 11) is 2.27. The molecule has 0 unspecified atom stereocenters. The summed E-state index contributed by atoms with van der Waals surface area (Å²) in [4.78, 5) is 0. The lowest BCUT2D eigenvalue weighted by atomic mass is 9.76. The summed E-state index contributed by atoms with van der Waals surface area (Å²) in [5, 5.41) is 0. The molecule has 0 aliphatic heterocycles. The van der Waals surface area contributed by atoms with Crippen LogP contribution < -0.4 is 0 Å². The van der Waals surface area contributed by atoms with E-state index in [1.54, 1.807) is 0 Å². The molecule has 1 radical (unpaired) electrons. The highest BCUT2D eigenvalue weighted by Gasteiger charge is 2.08. The minimum Gasteiger partial charge on any atom is -0.0920 e. The van der Waals surface area contributed by atoms with Crippen LogP contribution in [0.1, 0.15) is 52.9 Å². The van der Waals surface area contributed by atoms with Crippen molar-refractivity contribution in [1.82, 2.24) is 0 Å². The van der Waals surface area contributed by atoms with E-state index in [-0.39, 0.29) is 0 Å². The number of rotatable bonds is 6. The molecule has 0 saturated heterocycles. The average molecular weight is 167 g/mol. The van der Waals surface area contributed by atoms with E-state index < -0.39 is 0 Å². The van der Waals surface area contributed by atoms with Crippen LogP contribution in [0.3, 0.4) is 0 Å². The second-order valence-corrected chi connectivity index (χ2v) is 4.92. The lowest BCUT2D eigenvalue weighted by Crippen LogP contribution is -2.03. The minimum atomic E-state index is 0.539. The fourth-order valence-electron chi connectivity index (χ4n) is 1.36. The van der Waals surface area contributed by atoms with E-state index in [1.165, 1.54) is 38.4 Å². The summed E-state index contributed by atoms with van der Waals surface area (Å²) in [6.45, 7) is 9.13. The van der Waals surface area contributed by atoms with Gasteiger partial charge in [0.05, 0.1) is 0 Å². The van der Waals surface area contributed by atoms with Gasteiger partial charge in [0.25, 0.3) is 0 Å². The fraction of sp³-hybridized carbons (Fsp3) is 1.00. The van der Waals surface area contributed by atoms with Crippen molar-refractivity contribution in [1.29, 1.82) is 0 Å². The molecular weight excluding hydrogens is 143 g/mol. The first-order valence-corrected chi connectivity index (χ1v) is 5.34. The maximum atomic E-state index is 2.33. The van der Waals surface area contributed by atoms with Gasteiger partial charge < -0.3 is 0 Å². The van der Waals surface area contributed by atoms with Crippen molar-refractivity contribution in [2.45, 2.75) is 66.0 Å². The molecule has 0 heterocycles. The summed E-state index contributed by atoms with van der Waals surface area (Å²) in [6.07, 6.45) is 8.32. The van der Waals surface area contributed by atoms with Gasteiger partial charge >= 0.3 is 0 Å². The minimum absolute atomic E-state index is 0.539. The van der Waals surface area contributed by atoms with Gasteiger partial charge in [-0.05, 0) is 11.8 Å². The molecule has 0 rings (SSSR count). The van der Waals surface area contributed by atoms with Crippen LogP contribution >= 0.6 is 0 Å². The third-order valence-corrected chi connectivity index (χ3v) is 2.17. The van der Waals surface area contributed by atoms with Crippen molar-refractivity contribution >= 4 is 7.28 Å². The third-order valence-electron chi connectivity index (χ3n) is 2.17. The highest BCUT2D eigenvalue weighted by molar-refractivity contribution is 6.33. The van der Waals surface area contributed by atoms with Gasteiger partial charge in [0.15, 0.2) is 0 Å². The van der Waals surface area contributed by atoms with Crippen molar-refractivity contribution in [3.8, 4) is 0 Å². The van der Waals surface area contributed by atoms with Crippen molar-refractivity contribution in [3.05, 3.63) is 0 Å². The van der Waals surface area contributed by atoms with Crippen LogP contribution in [0.4, 0.5) is 0 Å².